The summed E-state index contributed by atoms with van der Waals surface area (Å²) in [7, 11) is 5.45. The Hall–Kier alpha value is -2.67. The number of benzene rings is 1. The van der Waals surface area contributed by atoms with Gasteiger partial charge in [0.25, 0.3) is 0 Å². The number of nitrogens with zero attached hydrogens (tertiary/aromatic N) is 4. The molecule has 1 fully saturated rings. The SMILES string of the molecule is COc1cccc(-c2cnc(N(C)C)nc2[C@H]2CN(C(=O)C(C)(C)C)CCO2)c1. The van der Waals surface area contributed by atoms with E-state index < -0.39 is 5.41 Å². The lowest BCUT2D eigenvalue weighted by Gasteiger charge is -2.36. The average molecular weight is 399 g/mol. The van der Waals surface area contributed by atoms with Gasteiger partial charge in [-0.2, -0.15) is 0 Å². The van der Waals surface area contributed by atoms with E-state index in [0.717, 1.165) is 22.6 Å². The topological polar surface area (TPSA) is 67.8 Å². The van der Waals surface area contributed by atoms with E-state index in [0.29, 0.717) is 25.6 Å². The first-order valence-electron chi connectivity index (χ1n) is 9.80. The van der Waals surface area contributed by atoms with Gasteiger partial charge in [-0.25, -0.2) is 9.97 Å². The van der Waals surface area contributed by atoms with Crippen LogP contribution in [-0.4, -0.2) is 61.7 Å². The molecule has 1 atom stereocenters. The van der Waals surface area contributed by atoms with Crippen molar-refractivity contribution in [2.45, 2.75) is 26.9 Å². The number of ether oxygens (including phenoxy) is 2. The molecule has 0 unspecified atom stereocenters. The summed E-state index contributed by atoms with van der Waals surface area (Å²) in [5, 5.41) is 0. The molecule has 7 nitrogen and oxygen atoms in total. The molecule has 0 saturated carbocycles. The van der Waals surface area contributed by atoms with Gasteiger partial charge in [0.15, 0.2) is 0 Å². The van der Waals surface area contributed by atoms with Gasteiger partial charge in [-0.3, -0.25) is 4.79 Å². The maximum Gasteiger partial charge on any atom is 0.228 e. The molecule has 2 heterocycles. The van der Waals surface area contributed by atoms with Crippen molar-refractivity contribution in [2.75, 3.05) is 45.8 Å². The summed E-state index contributed by atoms with van der Waals surface area (Å²) in [5.74, 6) is 1.49. The first-order valence-corrected chi connectivity index (χ1v) is 9.80. The normalized spacial score (nSPS) is 17.2. The summed E-state index contributed by atoms with van der Waals surface area (Å²) < 4.78 is 11.5. The van der Waals surface area contributed by atoms with Crippen LogP contribution in [0.2, 0.25) is 0 Å². The lowest BCUT2D eigenvalue weighted by atomic mass is 9.94. The smallest absolute Gasteiger partial charge is 0.228 e. The Morgan fingerprint density at radius 3 is 2.72 bits per heavy atom. The molecule has 0 N–H and O–H groups in total. The molecular weight excluding hydrogens is 368 g/mol. The zero-order valence-electron chi connectivity index (χ0n) is 18.1. The summed E-state index contributed by atoms with van der Waals surface area (Å²) in [5.41, 5.74) is 2.18. The third-order valence-corrected chi connectivity index (χ3v) is 4.89. The molecular formula is C22H30N4O3. The Labute approximate surface area is 172 Å². The average Bonchev–Trinajstić information content (AvgIpc) is 2.72. The number of carbonyl (C=O) groups is 1. The highest BCUT2D eigenvalue weighted by atomic mass is 16.5. The van der Waals surface area contributed by atoms with Gasteiger partial charge < -0.3 is 19.3 Å². The first kappa shape index (κ1) is 21.0. The first-order chi connectivity index (χ1) is 13.7. The minimum atomic E-state index is -0.433. The lowest BCUT2D eigenvalue weighted by Crippen LogP contribution is -2.47. The fraction of sp³-hybridized carbons (Fsp3) is 0.500. The molecule has 1 aliphatic rings. The van der Waals surface area contributed by atoms with Crippen molar-refractivity contribution >= 4 is 11.9 Å². The van der Waals surface area contributed by atoms with Crippen molar-refractivity contribution in [3.8, 4) is 16.9 Å². The van der Waals surface area contributed by atoms with Crippen LogP contribution >= 0.6 is 0 Å². The second-order valence-corrected chi connectivity index (χ2v) is 8.46. The summed E-state index contributed by atoms with van der Waals surface area (Å²) in [6, 6.07) is 7.80. The molecule has 1 saturated heterocycles. The molecule has 1 aromatic heterocycles. The molecule has 1 amide bonds. The summed E-state index contributed by atoms with van der Waals surface area (Å²) in [6.07, 6.45) is 1.50. The van der Waals surface area contributed by atoms with Crippen LogP contribution in [0.15, 0.2) is 30.5 Å². The molecule has 156 valence electrons. The third kappa shape index (κ3) is 4.67. The molecule has 0 spiro atoms. The van der Waals surface area contributed by atoms with E-state index in [2.05, 4.69) is 4.98 Å². The Kier molecular flexibility index (Phi) is 6.07. The van der Waals surface area contributed by atoms with Crippen LogP contribution in [0.1, 0.15) is 32.6 Å². The highest BCUT2D eigenvalue weighted by Crippen LogP contribution is 2.33. The van der Waals surface area contributed by atoms with Gasteiger partial charge in [0.05, 0.1) is 26.0 Å². The maximum atomic E-state index is 12.8. The predicted molar refractivity (Wildman–Crippen MR) is 113 cm³/mol. The minimum absolute atomic E-state index is 0.121. The van der Waals surface area contributed by atoms with Crippen molar-refractivity contribution in [3.05, 3.63) is 36.2 Å². The minimum Gasteiger partial charge on any atom is -0.497 e. The summed E-state index contributed by atoms with van der Waals surface area (Å²) >= 11 is 0. The van der Waals surface area contributed by atoms with E-state index in [1.807, 2.05) is 75.1 Å². The van der Waals surface area contributed by atoms with Crippen LogP contribution in [0.4, 0.5) is 5.95 Å². The van der Waals surface area contributed by atoms with Crippen molar-refractivity contribution in [2.24, 2.45) is 5.41 Å². The number of methoxy groups -OCH3 is 1. The molecule has 1 aromatic carbocycles. The van der Waals surface area contributed by atoms with E-state index >= 15 is 0 Å². The quantitative estimate of drug-likeness (QED) is 0.788. The van der Waals surface area contributed by atoms with E-state index in [4.69, 9.17) is 14.5 Å². The van der Waals surface area contributed by atoms with Crippen LogP contribution < -0.4 is 9.64 Å². The number of hydrogen-bond donors (Lipinski definition) is 0. The van der Waals surface area contributed by atoms with Gasteiger partial charge >= 0.3 is 0 Å². The summed E-state index contributed by atoms with van der Waals surface area (Å²) in [4.78, 5) is 25.9. The molecule has 2 aromatic rings. The molecule has 3 rings (SSSR count). The zero-order valence-corrected chi connectivity index (χ0v) is 18.1. The fourth-order valence-electron chi connectivity index (χ4n) is 3.33. The predicted octanol–water partition coefficient (Wildman–Crippen LogP) is 3.16. The second-order valence-electron chi connectivity index (χ2n) is 8.46. The number of morpholine rings is 1. The van der Waals surface area contributed by atoms with Crippen LogP contribution in [0.3, 0.4) is 0 Å². The van der Waals surface area contributed by atoms with E-state index in [1.165, 1.54) is 0 Å². The lowest BCUT2D eigenvalue weighted by molar-refractivity contribution is -0.147. The molecule has 1 aliphatic heterocycles. The standard InChI is InChI=1S/C22H30N4O3/c1-22(2,3)20(27)26-10-11-29-18(14-26)19-17(13-23-21(24-19)25(4)5)15-8-7-9-16(12-15)28-6/h7-9,12-13,18H,10-11,14H2,1-6H3/t18-/m1/s1. The third-order valence-electron chi connectivity index (χ3n) is 4.89. The number of anilines is 1. The molecule has 29 heavy (non-hydrogen) atoms. The number of amides is 1. The van der Waals surface area contributed by atoms with Crippen LogP contribution in [0.25, 0.3) is 11.1 Å². The zero-order chi connectivity index (χ0) is 21.2. The highest BCUT2D eigenvalue weighted by molar-refractivity contribution is 5.81. The van der Waals surface area contributed by atoms with Crippen molar-refractivity contribution in [1.82, 2.24) is 14.9 Å². The molecule has 0 bridgehead atoms. The van der Waals surface area contributed by atoms with Gasteiger partial charge in [-0.05, 0) is 17.7 Å². The van der Waals surface area contributed by atoms with Crippen molar-refractivity contribution in [3.63, 3.8) is 0 Å². The van der Waals surface area contributed by atoms with Crippen molar-refractivity contribution < 1.29 is 14.3 Å². The van der Waals surface area contributed by atoms with E-state index in [9.17, 15) is 4.79 Å². The second kappa shape index (κ2) is 8.37. The highest BCUT2D eigenvalue weighted by Gasteiger charge is 2.33. The van der Waals surface area contributed by atoms with Gasteiger partial charge in [0.2, 0.25) is 11.9 Å². The van der Waals surface area contributed by atoms with Gasteiger partial charge in [-0.1, -0.05) is 32.9 Å². The molecule has 0 radical (unpaired) electrons. The van der Waals surface area contributed by atoms with Crippen LogP contribution in [-0.2, 0) is 9.53 Å². The molecule has 0 aliphatic carbocycles. The van der Waals surface area contributed by atoms with Gasteiger partial charge in [-0.15, -0.1) is 0 Å². The number of rotatable bonds is 4. The number of carbonyl (C=O) groups excluding carboxylic acids is 1. The Morgan fingerprint density at radius 2 is 2.07 bits per heavy atom. The number of hydrogen-bond acceptors (Lipinski definition) is 6. The largest absolute Gasteiger partial charge is 0.497 e. The maximum absolute atomic E-state index is 12.8. The Bertz CT molecular complexity index is 877. The van der Waals surface area contributed by atoms with E-state index in [-0.39, 0.29) is 12.0 Å². The monoisotopic (exact) mass is 398 g/mol. The Morgan fingerprint density at radius 1 is 1.31 bits per heavy atom. The van der Waals surface area contributed by atoms with E-state index in [1.54, 1.807) is 7.11 Å². The van der Waals surface area contributed by atoms with Gasteiger partial charge in [0.1, 0.15) is 11.9 Å². The van der Waals surface area contributed by atoms with Gasteiger partial charge in [0, 0.05) is 37.8 Å². The van der Waals surface area contributed by atoms with Crippen LogP contribution in [0, 0.1) is 5.41 Å². The Balaban J connectivity index is 2.01. The van der Waals surface area contributed by atoms with Crippen LogP contribution in [0.5, 0.6) is 5.75 Å². The fourth-order valence-corrected chi connectivity index (χ4v) is 3.33. The summed E-state index contributed by atoms with van der Waals surface area (Å²) in [6.45, 7) is 7.36. The van der Waals surface area contributed by atoms with Crippen molar-refractivity contribution in [1.29, 1.82) is 0 Å². The number of aromatic nitrogens is 2. The molecule has 7 heteroatoms.